The van der Waals surface area contributed by atoms with Crippen molar-refractivity contribution in [3.8, 4) is 0 Å². The van der Waals surface area contributed by atoms with Crippen LogP contribution in [-0.4, -0.2) is 76.1 Å². The van der Waals surface area contributed by atoms with Crippen LogP contribution in [0.1, 0.15) is 33.0 Å². The number of aliphatic hydroxyl groups is 1. The molecule has 3 aliphatic heterocycles. The van der Waals surface area contributed by atoms with Gasteiger partial charge in [0.05, 0.1) is 29.4 Å². The van der Waals surface area contributed by atoms with Crippen LogP contribution < -0.4 is 0 Å². The number of nitrogens with zero attached hydrogens (tertiary/aromatic N) is 2. The molecule has 11 heteroatoms. The minimum absolute atomic E-state index is 0. The number of ether oxygens (including phenoxy) is 2. The number of hydrogen-bond acceptors (Lipinski definition) is 8. The van der Waals surface area contributed by atoms with Gasteiger partial charge in [-0.05, 0) is 35.0 Å². The minimum atomic E-state index is -1.72. The number of carboxylic acid groups (broad SMARTS) is 1. The van der Waals surface area contributed by atoms with Gasteiger partial charge in [-0.1, -0.05) is 12.1 Å². The summed E-state index contributed by atoms with van der Waals surface area (Å²) < 4.78 is 12.6. The van der Waals surface area contributed by atoms with E-state index in [9.17, 15) is 14.7 Å². The number of thiophene rings is 2. The first-order valence-electron chi connectivity index (χ1n) is 11.4. The van der Waals surface area contributed by atoms with E-state index in [0.717, 1.165) is 17.3 Å². The van der Waals surface area contributed by atoms with E-state index in [-0.39, 0.29) is 28.6 Å². The van der Waals surface area contributed by atoms with E-state index in [0.29, 0.717) is 34.0 Å². The summed E-state index contributed by atoms with van der Waals surface area (Å²) in [7, 11) is 4.49. The number of carbonyl (C=O) groups excluding carboxylic acids is 1. The zero-order valence-electron chi connectivity index (χ0n) is 19.7. The second-order valence-corrected chi connectivity index (χ2v) is 11.4. The van der Waals surface area contributed by atoms with Crippen LogP contribution in [0.25, 0.3) is 0 Å². The summed E-state index contributed by atoms with van der Waals surface area (Å²) in [6, 6.07) is 11.1. The molecule has 6 heterocycles. The van der Waals surface area contributed by atoms with Crippen LogP contribution in [0.2, 0.25) is 0 Å². The molecule has 0 amide bonds. The van der Waals surface area contributed by atoms with Crippen molar-refractivity contribution >= 4 is 51.6 Å². The monoisotopic (exact) mass is 595 g/mol. The number of quaternary nitrogens is 1. The van der Waals surface area contributed by atoms with Crippen molar-refractivity contribution in [2.45, 2.75) is 48.8 Å². The lowest BCUT2D eigenvalue weighted by atomic mass is 9.95. The van der Waals surface area contributed by atoms with E-state index in [1.54, 1.807) is 18.2 Å². The van der Waals surface area contributed by atoms with Crippen molar-refractivity contribution in [2.75, 3.05) is 14.1 Å². The summed E-state index contributed by atoms with van der Waals surface area (Å²) in [5.74, 6) is -1.50. The third kappa shape index (κ3) is 4.75. The number of morpholine rings is 1. The number of esters is 1. The molecule has 3 saturated heterocycles. The molecule has 3 aromatic heterocycles. The Kier molecular flexibility index (Phi) is 7.70. The Labute approximate surface area is 227 Å². The van der Waals surface area contributed by atoms with Gasteiger partial charge in [0, 0.05) is 25.2 Å². The van der Waals surface area contributed by atoms with Crippen LogP contribution in [0.5, 0.6) is 0 Å². The van der Waals surface area contributed by atoms with Crippen molar-refractivity contribution in [3.63, 3.8) is 0 Å². The first-order valence-corrected chi connectivity index (χ1v) is 13.1. The third-order valence-electron chi connectivity index (χ3n) is 7.27. The van der Waals surface area contributed by atoms with Gasteiger partial charge in [0.15, 0.2) is 0 Å². The van der Waals surface area contributed by atoms with Crippen molar-refractivity contribution in [1.82, 2.24) is 4.98 Å². The molecule has 6 rings (SSSR count). The maximum Gasteiger partial charge on any atom is 0.349 e. The standard InChI is InChI=1S/C19H22NO4S2.C6H5NO2.BrH/c1-20(2)12-9-11(10-13(20)17-16(12)24-17)23-18(21)19(22,14-5-3-7-25-14)15-6-4-8-26-15;8-6(9)5-2-1-3-7-4-5;/h3-8,11-13,16-17,22H,9-10H2,1-2H3;1-4H,(H,8,9);1H/q+1;;/t11?,12-,13+,16-,17+;;. The predicted molar refractivity (Wildman–Crippen MR) is 141 cm³/mol. The Morgan fingerprint density at radius 2 is 1.64 bits per heavy atom. The van der Waals surface area contributed by atoms with E-state index in [2.05, 4.69) is 19.1 Å². The van der Waals surface area contributed by atoms with Crippen molar-refractivity contribution in [3.05, 3.63) is 74.9 Å². The maximum absolute atomic E-state index is 13.1. The van der Waals surface area contributed by atoms with Crippen LogP contribution in [0.3, 0.4) is 0 Å². The average molecular weight is 597 g/mol. The number of halogens is 1. The van der Waals surface area contributed by atoms with Crippen molar-refractivity contribution in [1.29, 1.82) is 0 Å². The second kappa shape index (κ2) is 10.3. The molecule has 0 aliphatic carbocycles. The Morgan fingerprint density at radius 3 is 2.06 bits per heavy atom. The van der Waals surface area contributed by atoms with Crippen LogP contribution in [0.4, 0.5) is 0 Å². The summed E-state index contributed by atoms with van der Waals surface area (Å²) in [4.78, 5) is 28.1. The fourth-order valence-electron chi connectivity index (χ4n) is 5.32. The van der Waals surface area contributed by atoms with Crippen molar-refractivity contribution < 1.29 is 33.8 Å². The maximum atomic E-state index is 13.1. The molecule has 0 saturated carbocycles. The van der Waals surface area contributed by atoms with E-state index < -0.39 is 17.5 Å². The largest absolute Gasteiger partial charge is 0.478 e. The highest BCUT2D eigenvalue weighted by atomic mass is 79.9. The zero-order valence-corrected chi connectivity index (χ0v) is 23.1. The fraction of sp³-hybridized carbons (Fsp3) is 0.400. The van der Waals surface area contributed by atoms with Crippen LogP contribution in [0, 0.1) is 0 Å². The molecule has 8 nitrogen and oxygen atoms in total. The molecule has 1 unspecified atom stereocenters. The normalized spacial score (nSPS) is 27.0. The highest BCUT2D eigenvalue weighted by Crippen LogP contribution is 2.52. The molecule has 5 atom stereocenters. The second-order valence-electron chi connectivity index (χ2n) is 9.54. The summed E-state index contributed by atoms with van der Waals surface area (Å²) in [6.07, 6.45) is 4.89. The lowest BCUT2D eigenvalue weighted by Crippen LogP contribution is -2.60. The van der Waals surface area contributed by atoms with E-state index in [1.807, 2.05) is 22.9 Å². The van der Waals surface area contributed by atoms with Gasteiger partial charge in [-0.2, -0.15) is 0 Å². The zero-order chi connectivity index (χ0) is 24.8. The molecule has 3 fully saturated rings. The number of piperidine rings is 1. The topological polar surface area (TPSA) is 109 Å². The van der Waals surface area contributed by atoms with E-state index in [4.69, 9.17) is 14.6 Å². The minimum Gasteiger partial charge on any atom is -0.478 e. The number of pyridine rings is 1. The molecule has 0 spiro atoms. The van der Waals surface area contributed by atoms with Gasteiger partial charge in [-0.3, -0.25) is 4.98 Å². The van der Waals surface area contributed by atoms with E-state index >= 15 is 0 Å². The summed E-state index contributed by atoms with van der Waals surface area (Å²) in [5, 5.41) is 23.4. The Bertz CT molecular complexity index is 1130. The molecule has 2 N–H and O–H groups in total. The smallest absolute Gasteiger partial charge is 0.349 e. The summed E-state index contributed by atoms with van der Waals surface area (Å²) in [6.45, 7) is 0. The number of carboxylic acids is 1. The van der Waals surface area contributed by atoms with Gasteiger partial charge < -0.3 is 24.2 Å². The van der Waals surface area contributed by atoms with Gasteiger partial charge in [0.1, 0.15) is 30.4 Å². The molecular weight excluding hydrogens is 568 g/mol. The highest BCUT2D eigenvalue weighted by Gasteiger charge is 2.71. The predicted octanol–water partition coefficient (Wildman–Crippen LogP) is 3.70. The summed E-state index contributed by atoms with van der Waals surface area (Å²) in [5.41, 5.74) is -1.50. The van der Waals surface area contributed by atoms with Crippen LogP contribution >= 0.6 is 39.7 Å². The number of fused-ring (bicyclic) bond motifs is 5. The number of rotatable bonds is 5. The molecule has 36 heavy (non-hydrogen) atoms. The highest BCUT2D eigenvalue weighted by molar-refractivity contribution is 8.93. The Morgan fingerprint density at radius 1 is 1.06 bits per heavy atom. The van der Waals surface area contributed by atoms with Gasteiger partial charge in [0.2, 0.25) is 5.60 Å². The number of aromatic carboxylic acids is 1. The Balaban J connectivity index is 0.000000260. The summed E-state index contributed by atoms with van der Waals surface area (Å²) >= 11 is 2.74. The number of epoxide rings is 1. The number of likely N-dealkylation sites (N-methyl/N-ethyl adjacent to an activating group) is 1. The SMILES string of the molecule is Br.C[N+]1(C)[C@@H]2CC(OC(=O)C(O)(c3cccs3)c3cccs3)C[C@H]1[C@@H]1O[C@@H]12.O=C(O)c1cccnc1. The molecular formula is C25H28BrN2O6S2+. The number of hydrogen-bond donors (Lipinski definition) is 2. The molecule has 0 aromatic carbocycles. The number of aromatic nitrogens is 1. The molecule has 0 radical (unpaired) electrons. The lowest BCUT2D eigenvalue weighted by molar-refractivity contribution is -0.938. The molecule has 192 valence electrons. The first-order chi connectivity index (χ1) is 16.7. The molecule has 2 bridgehead atoms. The molecule has 3 aromatic rings. The van der Waals surface area contributed by atoms with Crippen LogP contribution in [0.15, 0.2) is 59.6 Å². The van der Waals surface area contributed by atoms with Gasteiger partial charge in [-0.25, -0.2) is 9.59 Å². The number of carbonyl (C=O) groups is 2. The van der Waals surface area contributed by atoms with Crippen molar-refractivity contribution in [2.24, 2.45) is 0 Å². The quantitative estimate of drug-likeness (QED) is 0.263. The fourth-order valence-corrected chi connectivity index (χ4v) is 7.03. The molecule has 3 aliphatic rings. The Hall–Kier alpha value is -2.15. The van der Waals surface area contributed by atoms with E-state index in [1.165, 1.54) is 41.1 Å². The third-order valence-corrected chi connectivity index (χ3v) is 9.23. The van der Waals surface area contributed by atoms with Gasteiger partial charge in [-0.15, -0.1) is 39.7 Å². The van der Waals surface area contributed by atoms with Gasteiger partial charge >= 0.3 is 11.9 Å². The lowest BCUT2D eigenvalue weighted by Gasteiger charge is -2.45. The first kappa shape index (κ1) is 26.9. The average Bonchev–Trinajstić information content (AvgIpc) is 3.19. The van der Waals surface area contributed by atoms with Crippen LogP contribution in [-0.2, 0) is 19.9 Å². The van der Waals surface area contributed by atoms with Gasteiger partial charge in [0.25, 0.3) is 0 Å².